The van der Waals surface area contributed by atoms with Crippen LogP contribution in [0, 0.1) is 0 Å². The van der Waals surface area contributed by atoms with Crippen molar-refractivity contribution in [3.63, 3.8) is 0 Å². The first kappa shape index (κ1) is 15.8. The highest BCUT2D eigenvalue weighted by Crippen LogP contribution is 2.26. The highest BCUT2D eigenvalue weighted by Gasteiger charge is 2.12. The zero-order valence-electron chi connectivity index (χ0n) is 11.9. The lowest BCUT2D eigenvalue weighted by Gasteiger charge is -2.08. The number of nitrogens with one attached hydrogen (secondary N) is 1. The Morgan fingerprint density at radius 2 is 1.95 bits per heavy atom. The number of anilines is 1. The van der Waals surface area contributed by atoms with Crippen molar-refractivity contribution in [3.05, 3.63) is 52.8 Å². The Balaban J connectivity index is 2.13. The van der Waals surface area contributed by atoms with Crippen LogP contribution in [0.15, 0.2) is 36.5 Å². The normalized spacial score (nSPS) is 9.95. The van der Waals surface area contributed by atoms with Crippen molar-refractivity contribution in [1.82, 2.24) is 4.98 Å². The molecule has 1 heterocycles. The number of hydrogen-bond acceptors (Lipinski definition) is 5. The molecule has 0 fully saturated rings. The summed E-state index contributed by atoms with van der Waals surface area (Å²) in [5.41, 5.74) is 0.866. The van der Waals surface area contributed by atoms with E-state index in [2.05, 4.69) is 15.0 Å². The first-order chi connectivity index (χ1) is 10.5. The van der Waals surface area contributed by atoms with Crippen LogP contribution in [0.5, 0.6) is 5.75 Å². The maximum atomic E-state index is 12.1. The van der Waals surface area contributed by atoms with E-state index in [-0.39, 0.29) is 5.69 Å². The lowest BCUT2D eigenvalue weighted by atomic mass is 10.2. The second kappa shape index (κ2) is 6.91. The fraction of sp³-hybridized carbons (Fsp3) is 0.133. The third-order valence-electron chi connectivity index (χ3n) is 2.84. The number of pyridine rings is 1. The van der Waals surface area contributed by atoms with Crippen LogP contribution in [0.4, 0.5) is 5.69 Å². The number of benzene rings is 1. The summed E-state index contributed by atoms with van der Waals surface area (Å²) in [5, 5.41) is 3.01. The molecule has 7 heteroatoms. The molecule has 0 bridgehead atoms. The van der Waals surface area contributed by atoms with Crippen molar-refractivity contribution < 1.29 is 19.1 Å². The number of methoxy groups -OCH3 is 2. The number of carbonyl (C=O) groups excluding carboxylic acids is 2. The van der Waals surface area contributed by atoms with Gasteiger partial charge in [-0.1, -0.05) is 11.6 Å². The van der Waals surface area contributed by atoms with Crippen LogP contribution < -0.4 is 10.1 Å². The minimum absolute atomic E-state index is 0.126. The largest absolute Gasteiger partial charge is 0.497 e. The van der Waals surface area contributed by atoms with Crippen molar-refractivity contribution >= 4 is 29.2 Å². The summed E-state index contributed by atoms with van der Waals surface area (Å²) in [5.74, 6) is -0.367. The van der Waals surface area contributed by atoms with Crippen LogP contribution in [0.25, 0.3) is 0 Å². The van der Waals surface area contributed by atoms with Crippen LogP contribution >= 0.6 is 11.6 Å². The third-order valence-corrected chi connectivity index (χ3v) is 3.16. The number of carbonyl (C=O) groups is 2. The van der Waals surface area contributed by atoms with Gasteiger partial charge in [0.05, 0.1) is 30.5 Å². The zero-order valence-corrected chi connectivity index (χ0v) is 12.7. The Hall–Kier alpha value is -2.60. The maximum absolute atomic E-state index is 12.1. The second-order valence-corrected chi connectivity index (χ2v) is 4.63. The van der Waals surface area contributed by atoms with E-state index < -0.39 is 11.9 Å². The first-order valence-electron chi connectivity index (χ1n) is 6.24. The minimum atomic E-state index is -0.565. The molecule has 2 rings (SSSR count). The Morgan fingerprint density at radius 3 is 2.50 bits per heavy atom. The van der Waals surface area contributed by atoms with Gasteiger partial charge in [0, 0.05) is 12.3 Å². The molecule has 0 saturated carbocycles. The fourth-order valence-corrected chi connectivity index (χ4v) is 1.89. The van der Waals surface area contributed by atoms with Gasteiger partial charge in [-0.05, 0) is 24.3 Å². The third kappa shape index (κ3) is 3.53. The summed E-state index contributed by atoms with van der Waals surface area (Å²) in [6.07, 6.45) is 1.29. The van der Waals surface area contributed by atoms with E-state index >= 15 is 0 Å². The van der Waals surface area contributed by atoms with Crippen LogP contribution in [0.2, 0.25) is 5.02 Å². The number of nitrogens with zero attached hydrogens (tertiary/aromatic N) is 1. The van der Waals surface area contributed by atoms with Gasteiger partial charge in [0.1, 0.15) is 11.4 Å². The highest BCUT2D eigenvalue weighted by molar-refractivity contribution is 6.34. The van der Waals surface area contributed by atoms with Crippen molar-refractivity contribution in [2.75, 3.05) is 19.5 Å². The summed E-state index contributed by atoms with van der Waals surface area (Å²) >= 11 is 6.05. The van der Waals surface area contributed by atoms with E-state index in [1.165, 1.54) is 32.5 Å². The molecule has 22 heavy (non-hydrogen) atoms. The Kier molecular flexibility index (Phi) is 4.95. The van der Waals surface area contributed by atoms with Crippen molar-refractivity contribution in [2.45, 2.75) is 0 Å². The molecular weight excluding hydrogens is 308 g/mol. The standard InChI is InChI=1S/C15H13ClN2O4/c1-21-10-4-6-12(11(16)7-10)18-14(19)9-3-5-13(17-8-9)15(20)22-2/h3-8H,1-2H3,(H,18,19). The molecular formula is C15H13ClN2O4. The molecule has 0 spiro atoms. The lowest BCUT2D eigenvalue weighted by molar-refractivity contribution is 0.0593. The quantitative estimate of drug-likeness (QED) is 0.876. The number of esters is 1. The molecule has 0 aliphatic carbocycles. The predicted molar refractivity (Wildman–Crippen MR) is 81.5 cm³/mol. The molecule has 1 aromatic carbocycles. The van der Waals surface area contributed by atoms with Crippen LogP contribution in [0.1, 0.15) is 20.8 Å². The fourth-order valence-electron chi connectivity index (χ4n) is 1.67. The molecule has 1 amide bonds. The molecule has 0 radical (unpaired) electrons. The van der Waals surface area contributed by atoms with Crippen molar-refractivity contribution in [2.24, 2.45) is 0 Å². The molecule has 6 nitrogen and oxygen atoms in total. The van der Waals surface area contributed by atoms with E-state index in [0.29, 0.717) is 22.0 Å². The molecule has 1 aromatic heterocycles. The number of amides is 1. The summed E-state index contributed by atoms with van der Waals surface area (Å²) in [7, 11) is 2.79. The molecule has 0 aliphatic heterocycles. The Labute approximate surface area is 132 Å². The van der Waals surface area contributed by atoms with Gasteiger partial charge >= 0.3 is 5.97 Å². The van der Waals surface area contributed by atoms with Crippen LogP contribution in [-0.2, 0) is 4.74 Å². The van der Waals surface area contributed by atoms with Crippen molar-refractivity contribution in [3.8, 4) is 5.75 Å². The average Bonchev–Trinajstić information content (AvgIpc) is 2.56. The average molecular weight is 321 g/mol. The molecule has 0 unspecified atom stereocenters. The topological polar surface area (TPSA) is 77.5 Å². The number of rotatable bonds is 4. The summed E-state index contributed by atoms with van der Waals surface area (Å²) in [6.45, 7) is 0. The number of halogens is 1. The van der Waals surface area contributed by atoms with Crippen molar-refractivity contribution in [1.29, 1.82) is 0 Å². The molecule has 0 aliphatic rings. The predicted octanol–water partition coefficient (Wildman–Crippen LogP) is 2.78. The van der Waals surface area contributed by atoms with Gasteiger partial charge in [-0.2, -0.15) is 0 Å². The van der Waals surface area contributed by atoms with Crippen LogP contribution in [0.3, 0.4) is 0 Å². The molecule has 0 atom stereocenters. The van der Waals surface area contributed by atoms with Gasteiger partial charge in [0.15, 0.2) is 0 Å². The number of aromatic nitrogens is 1. The summed E-state index contributed by atoms with van der Waals surface area (Å²) < 4.78 is 9.57. The van der Waals surface area contributed by atoms with Gasteiger partial charge in [0.2, 0.25) is 0 Å². The van der Waals surface area contributed by atoms with Crippen LogP contribution in [-0.4, -0.2) is 31.1 Å². The maximum Gasteiger partial charge on any atom is 0.356 e. The Bertz CT molecular complexity index is 701. The lowest BCUT2D eigenvalue weighted by Crippen LogP contribution is -2.13. The van der Waals surface area contributed by atoms with Gasteiger partial charge in [-0.15, -0.1) is 0 Å². The molecule has 114 valence electrons. The molecule has 0 saturated heterocycles. The summed E-state index contributed by atoms with van der Waals surface area (Å²) in [6, 6.07) is 7.80. The van der Waals surface area contributed by atoms with Gasteiger partial charge < -0.3 is 14.8 Å². The smallest absolute Gasteiger partial charge is 0.356 e. The number of hydrogen-bond donors (Lipinski definition) is 1. The van der Waals surface area contributed by atoms with E-state index in [0.717, 1.165) is 0 Å². The van der Waals surface area contributed by atoms with E-state index in [9.17, 15) is 9.59 Å². The minimum Gasteiger partial charge on any atom is -0.497 e. The summed E-state index contributed by atoms with van der Waals surface area (Å²) in [4.78, 5) is 27.3. The highest BCUT2D eigenvalue weighted by atomic mass is 35.5. The monoisotopic (exact) mass is 320 g/mol. The molecule has 1 N–H and O–H groups in total. The Morgan fingerprint density at radius 1 is 1.18 bits per heavy atom. The first-order valence-corrected chi connectivity index (χ1v) is 6.62. The van der Waals surface area contributed by atoms with Gasteiger partial charge in [-0.25, -0.2) is 9.78 Å². The number of ether oxygens (including phenoxy) is 2. The van der Waals surface area contributed by atoms with Gasteiger partial charge in [-0.3, -0.25) is 4.79 Å². The van der Waals surface area contributed by atoms with E-state index in [1.54, 1.807) is 18.2 Å². The van der Waals surface area contributed by atoms with E-state index in [4.69, 9.17) is 16.3 Å². The zero-order chi connectivity index (χ0) is 16.1. The van der Waals surface area contributed by atoms with Gasteiger partial charge in [0.25, 0.3) is 5.91 Å². The second-order valence-electron chi connectivity index (χ2n) is 4.22. The van der Waals surface area contributed by atoms with E-state index in [1.807, 2.05) is 0 Å². The molecule has 2 aromatic rings. The SMILES string of the molecule is COC(=O)c1ccc(C(=O)Nc2ccc(OC)cc2Cl)cn1.